The summed E-state index contributed by atoms with van der Waals surface area (Å²) in [6.07, 6.45) is 0.741. The summed E-state index contributed by atoms with van der Waals surface area (Å²) in [5.74, 6) is 0. The van der Waals surface area contributed by atoms with Crippen LogP contribution in [0.4, 0.5) is 5.13 Å². The van der Waals surface area contributed by atoms with Gasteiger partial charge in [-0.05, 0) is 27.7 Å². The highest BCUT2D eigenvalue weighted by molar-refractivity contribution is 7.80. The van der Waals surface area contributed by atoms with Crippen molar-refractivity contribution in [3.63, 3.8) is 0 Å². The minimum atomic E-state index is 0.416. The van der Waals surface area contributed by atoms with Crippen LogP contribution in [0.1, 0.15) is 30.8 Å². The van der Waals surface area contributed by atoms with Crippen LogP contribution in [-0.2, 0) is 0 Å². The molecule has 3 nitrogen and oxygen atoms in total. The van der Waals surface area contributed by atoms with Gasteiger partial charge < -0.3 is 10.6 Å². The van der Waals surface area contributed by atoms with Crippen LogP contribution < -0.4 is 10.6 Å². The smallest absolute Gasteiger partial charge is 0.186 e. The molecule has 90 valence electrons. The topological polar surface area (TPSA) is 42.2 Å². The fourth-order valence-electron chi connectivity index (χ4n) is 1.38. The zero-order valence-electron chi connectivity index (χ0n) is 10.3. The Labute approximate surface area is 107 Å². The van der Waals surface area contributed by atoms with Gasteiger partial charge in [-0.2, -0.15) is 0 Å². The van der Waals surface area contributed by atoms with Crippen LogP contribution >= 0.6 is 23.6 Å². The number of nitrogens with zero attached hydrogens (tertiary/aromatic N) is 2. The second kappa shape index (κ2) is 5.59. The second-order valence-electron chi connectivity index (χ2n) is 4.14. The second-order valence-corrected chi connectivity index (χ2v) is 5.85. The van der Waals surface area contributed by atoms with Crippen molar-refractivity contribution in [2.24, 2.45) is 5.73 Å². The highest BCUT2D eigenvalue weighted by Gasteiger charge is 2.15. The van der Waals surface area contributed by atoms with Crippen LogP contribution in [0.5, 0.6) is 0 Å². The summed E-state index contributed by atoms with van der Waals surface area (Å²) >= 11 is 6.65. The first-order valence-electron chi connectivity index (χ1n) is 5.40. The van der Waals surface area contributed by atoms with Crippen LogP contribution in [0.2, 0.25) is 0 Å². The number of anilines is 1. The molecule has 2 N–H and O–H groups in total. The molecule has 0 aromatic carbocycles. The Morgan fingerprint density at radius 1 is 1.50 bits per heavy atom. The van der Waals surface area contributed by atoms with E-state index >= 15 is 0 Å². The first-order valence-corrected chi connectivity index (χ1v) is 6.63. The molecular formula is C11H19N3S2. The van der Waals surface area contributed by atoms with Crippen LogP contribution in [0.15, 0.2) is 0 Å². The molecule has 0 aliphatic rings. The highest BCUT2D eigenvalue weighted by Crippen LogP contribution is 2.26. The quantitative estimate of drug-likeness (QED) is 0.824. The first kappa shape index (κ1) is 13.4. The molecule has 1 aromatic rings. The van der Waals surface area contributed by atoms with E-state index in [0.29, 0.717) is 11.0 Å². The Kier molecular flexibility index (Phi) is 4.68. The summed E-state index contributed by atoms with van der Waals surface area (Å²) in [6, 6.07) is 0.416. The van der Waals surface area contributed by atoms with Gasteiger partial charge in [-0.3, -0.25) is 0 Å². The van der Waals surface area contributed by atoms with Gasteiger partial charge in [0.1, 0.15) is 0 Å². The van der Waals surface area contributed by atoms with Crippen molar-refractivity contribution >= 4 is 33.7 Å². The van der Waals surface area contributed by atoms with Gasteiger partial charge in [0.15, 0.2) is 5.13 Å². The molecule has 1 heterocycles. The normalized spacial score (nSPS) is 10.8. The lowest BCUT2D eigenvalue weighted by Gasteiger charge is -2.25. The fourth-order valence-corrected chi connectivity index (χ4v) is 2.54. The Morgan fingerprint density at radius 3 is 2.50 bits per heavy atom. The van der Waals surface area contributed by atoms with Gasteiger partial charge in [0, 0.05) is 23.9 Å². The predicted octanol–water partition coefficient (Wildman–Crippen LogP) is 2.65. The van der Waals surface area contributed by atoms with E-state index in [1.165, 1.54) is 4.88 Å². The highest BCUT2D eigenvalue weighted by atomic mass is 32.1. The van der Waals surface area contributed by atoms with Crippen molar-refractivity contribution in [2.45, 2.75) is 40.2 Å². The van der Waals surface area contributed by atoms with Crippen LogP contribution in [-0.4, -0.2) is 22.6 Å². The van der Waals surface area contributed by atoms with E-state index in [0.717, 1.165) is 23.8 Å². The molecule has 16 heavy (non-hydrogen) atoms. The minimum absolute atomic E-state index is 0.416. The Morgan fingerprint density at radius 2 is 2.12 bits per heavy atom. The Balaban J connectivity index is 2.81. The maximum absolute atomic E-state index is 5.54. The van der Waals surface area contributed by atoms with E-state index in [1.807, 2.05) is 6.92 Å². The molecule has 1 rings (SSSR count). The molecule has 0 spiro atoms. The Bertz CT molecular complexity index is 352. The third kappa shape index (κ3) is 3.42. The monoisotopic (exact) mass is 257 g/mol. The van der Waals surface area contributed by atoms with Gasteiger partial charge >= 0.3 is 0 Å². The largest absolute Gasteiger partial charge is 0.393 e. The van der Waals surface area contributed by atoms with E-state index in [2.05, 4.69) is 30.7 Å². The van der Waals surface area contributed by atoms with E-state index in [9.17, 15) is 0 Å². The van der Waals surface area contributed by atoms with Crippen molar-refractivity contribution in [3.05, 3.63) is 10.6 Å². The number of hydrogen-bond donors (Lipinski definition) is 1. The summed E-state index contributed by atoms with van der Waals surface area (Å²) in [5.41, 5.74) is 6.65. The van der Waals surface area contributed by atoms with E-state index in [1.54, 1.807) is 11.3 Å². The van der Waals surface area contributed by atoms with Crippen LogP contribution in [0.3, 0.4) is 0 Å². The van der Waals surface area contributed by atoms with Crippen molar-refractivity contribution in [3.8, 4) is 0 Å². The number of thiazole rings is 1. The van der Waals surface area contributed by atoms with Crippen molar-refractivity contribution in [2.75, 3.05) is 11.4 Å². The average Bonchev–Trinajstić information content (AvgIpc) is 2.46. The Hall–Kier alpha value is -0.680. The van der Waals surface area contributed by atoms with Gasteiger partial charge in [-0.25, -0.2) is 4.98 Å². The zero-order valence-corrected chi connectivity index (χ0v) is 11.9. The summed E-state index contributed by atoms with van der Waals surface area (Å²) in [7, 11) is 0. The molecule has 0 saturated carbocycles. The van der Waals surface area contributed by atoms with Gasteiger partial charge in [0.2, 0.25) is 0 Å². The van der Waals surface area contributed by atoms with Gasteiger partial charge in [0.25, 0.3) is 0 Å². The lowest BCUT2D eigenvalue weighted by Crippen LogP contribution is -2.33. The van der Waals surface area contributed by atoms with Crippen molar-refractivity contribution in [1.29, 1.82) is 0 Å². The first-order chi connectivity index (χ1) is 7.41. The van der Waals surface area contributed by atoms with Crippen LogP contribution in [0.25, 0.3) is 0 Å². The standard InChI is InChI=1S/C11H19N3S2/c1-7(2)14(6-5-10(12)15)11-13-8(3)9(4)16-11/h7H,5-6H2,1-4H3,(H2,12,15). The SMILES string of the molecule is Cc1nc(N(CCC(N)=S)C(C)C)sc1C. The zero-order chi connectivity index (χ0) is 12.3. The summed E-state index contributed by atoms with van der Waals surface area (Å²) in [6.45, 7) is 9.31. The van der Waals surface area contributed by atoms with Crippen molar-refractivity contribution in [1.82, 2.24) is 4.98 Å². The van der Waals surface area contributed by atoms with Crippen LogP contribution in [0, 0.1) is 13.8 Å². The molecule has 0 amide bonds. The molecule has 0 atom stereocenters. The fraction of sp³-hybridized carbons (Fsp3) is 0.636. The van der Waals surface area contributed by atoms with E-state index in [4.69, 9.17) is 18.0 Å². The molecule has 1 aromatic heterocycles. The maximum atomic E-state index is 5.54. The molecule has 5 heteroatoms. The van der Waals surface area contributed by atoms with Gasteiger partial charge in [-0.1, -0.05) is 12.2 Å². The third-order valence-corrected chi connectivity index (χ3v) is 3.80. The van der Waals surface area contributed by atoms with Gasteiger partial charge in [0.05, 0.1) is 10.7 Å². The van der Waals surface area contributed by atoms with E-state index < -0.39 is 0 Å². The average molecular weight is 257 g/mol. The molecule has 0 saturated heterocycles. The number of hydrogen-bond acceptors (Lipinski definition) is 4. The maximum Gasteiger partial charge on any atom is 0.186 e. The number of rotatable bonds is 5. The molecular weight excluding hydrogens is 238 g/mol. The lowest BCUT2D eigenvalue weighted by molar-refractivity contribution is 0.687. The number of aromatic nitrogens is 1. The molecule has 0 fully saturated rings. The lowest BCUT2D eigenvalue weighted by atomic mass is 10.3. The molecule has 0 bridgehead atoms. The molecule has 0 aliphatic heterocycles. The van der Waals surface area contributed by atoms with E-state index in [-0.39, 0.29) is 0 Å². The molecule has 0 aliphatic carbocycles. The van der Waals surface area contributed by atoms with Crippen molar-refractivity contribution < 1.29 is 0 Å². The minimum Gasteiger partial charge on any atom is -0.393 e. The predicted molar refractivity (Wildman–Crippen MR) is 75.5 cm³/mol. The molecule has 0 radical (unpaired) electrons. The van der Waals surface area contributed by atoms with Gasteiger partial charge in [-0.15, -0.1) is 11.3 Å². The number of thiocarbonyl (C=S) groups is 1. The summed E-state index contributed by atoms with van der Waals surface area (Å²) in [5, 5.41) is 1.07. The third-order valence-electron chi connectivity index (χ3n) is 2.49. The number of aryl methyl sites for hydroxylation is 2. The molecule has 0 unspecified atom stereocenters. The summed E-state index contributed by atoms with van der Waals surface area (Å²) in [4.78, 5) is 8.66. The number of nitrogens with two attached hydrogens (primary N) is 1. The summed E-state index contributed by atoms with van der Waals surface area (Å²) < 4.78 is 0.